The Hall–Kier alpha value is -1.14. The third kappa shape index (κ3) is 6.34. The van der Waals surface area contributed by atoms with Crippen LogP contribution >= 0.6 is 0 Å². The molecule has 1 saturated heterocycles. The zero-order valence-electron chi connectivity index (χ0n) is 12.6. The molecule has 0 spiro atoms. The van der Waals surface area contributed by atoms with E-state index in [1.807, 2.05) is 0 Å². The maximum Gasteiger partial charge on any atom is 0.220 e. The van der Waals surface area contributed by atoms with Crippen LogP contribution in [0.2, 0.25) is 0 Å². The molecule has 6 heteroatoms. The van der Waals surface area contributed by atoms with E-state index in [2.05, 4.69) is 10.2 Å². The lowest BCUT2D eigenvalue weighted by atomic mass is 10.0. The van der Waals surface area contributed by atoms with Crippen molar-refractivity contribution in [2.24, 2.45) is 17.6 Å². The molecule has 0 saturated carbocycles. The maximum atomic E-state index is 11.7. The highest BCUT2D eigenvalue weighted by Crippen LogP contribution is 2.15. The van der Waals surface area contributed by atoms with Crippen LogP contribution in [0.4, 0.5) is 0 Å². The number of hydrogen-bond acceptors (Lipinski definition) is 4. The molecule has 0 bridgehead atoms. The van der Waals surface area contributed by atoms with Crippen molar-refractivity contribution >= 4 is 11.8 Å². The monoisotopic (exact) mass is 285 g/mol. The molecule has 1 unspecified atom stereocenters. The lowest BCUT2D eigenvalue weighted by Crippen LogP contribution is -2.32. The first-order chi connectivity index (χ1) is 9.52. The van der Waals surface area contributed by atoms with Gasteiger partial charge in [-0.25, -0.2) is 0 Å². The molecule has 0 radical (unpaired) electrons. The van der Waals surface area contributed by atoms with Crippen LogP contribution in [0.1, 0.15) is 26.2 Å². The van der Waals surface area contributed by atoms with E-state index in [1.54, 1.807) is 14.0 Å². The first-order valence-corrected chi connectivity index (χ1v) is 7.30. The van der Waals surface area contributed by atoms with Crippen LogP contribution in [0, 0.1) is 11.8 Å². The van der Waals surface area contributed by atoms with Crippen LogP contribution < -0.4 is 11.1 Å². The molecular formula is C14H27N3O3. The summed E-state index contributed by atoms with van der Waals surface area (Å²) in [5.41, 5.74) is 5.16. The number of nitrogens with zero attached hydrogens (tertiary/aromatic N) is 1. The molecule has 2 atom stereocenters. The number of amides is 2. The van der Waals surface area contributed by atoms with Crippen molar-refractivity contribution in [3.63, 3.8) is 0 Å². The van der Waals surface area contributed by atoms with E-state index in [0.29, 0.717) is 25.3 Å². The van der Waals surface area contributed by atoms with Crippen molar-refractivity contribution in [3.05, 3.63) is 0 Å². The van der Waals surface area contributed by atoms with Crippen LogP contribution in [-0.2, 0) is 14.3 Å². The number of rotatable bonds is 9. The minimum Gasteiger partial charge on any atom is -0.383 e. The molecule has 20 heavy (non-hydrogen) atoms. The molecular weight excluding hydrogens is 258 g/mol. The molecule has 3 N–H and O–H groups in total. The van der Waals surface area contributed by atoms with Gasteiger partial charge in [0.15, 0.2) is 0 Å². The molecule has 1 fully saturated rings. The summed E-state index contributed by atoms with van der Waals surface area (Å²) >= 11 is 0. The van der Waals surface area contributed by atoms with Gasteiger partial charge in [-0.15, -0.1) is 0 Å². The van der Waals surface area contributed by atoms with Crippen LogP contribution in [0.15, 0.2) is 0 Å². The van der Waals surface area contributed by atoms with Crippen molar-refractivity contribution in [2.45, 2.75) is 26.2 Å². The highest BCUT2D eigenvalue weighted by atomic mass is 16.5. The molecule has 6 nitrogen and oxygen atoms in total. The van der Waals surface area contributed by atoms with Gasteiger partial charge in [0.2, 0.25) is 11.8 Å². The minimum absolute atomic E-state index is 0.00782. The van der Waals surface area contributed by atoms with Crippen LogP contribution in [0.5, 0.6) is 0 Å². The van der Waals surface area contributed by atoms with E-state index in [4.69, 9.17) is 10.5 Å². The average molecular weight is 285 g/mol. The Labute approximate surface area is 121 Å². The second-order valence-corrected chi connectivity index (χ2v) is 5.59. The summed E-state index contributed by atoms with van der Waals surface area (Å²) in [6.07, 6.45) is 2.00. The zero-order valence-corrected chi connectivity index (χ0v) is 12.6. The molecule has 1 heterocycles. The van der Waals surface area contributed by atoms with Gasteiger partial charge in [-0.3, -0.25) is 9.59 Å². The van der Waals surface area contributed by atoms with Crippen LogP contribution in [0.3, 0.4) is 0 Å². The van der Waals surface area contributed by atoms with E-state index in [0.717, 1.165) is 32.7 Å². The van der Waals surface area contributed by atoms with Crippen molar-refractivity contribution in [3.8, 4) is 0 Å². The molecule has 1 rings (SSSR count). The summed E-state index contributed by atoms with van der Waals surface area (Å²) in [6, 6.07) is 0. The van der Waals surface area contributed by atoms with E-state index in [9.17, 15) is 9.59 Å². The van der Waals surface area contributed by atoms with Crippen LogP contribution in [0.25, 0.3) is 0 Å². The summed E-state index contributed by atoms with van der Waals surface area (Å²) in [5, 5.41) is 2.95. The number of likely N-dealkylation sites (tertiary alicyclic amines) is 1. The fourth-order valence-electron chi connectivity index (χ4n) is 2.34. The van der Waals surface area contributed by atoms with E-state index < -0.39 is 0 Å². The number of nitrogens with two attached hydrogens (primary N) is 1. The zero-order chi connectivity index (χ0) is 15.0. The fraction of sp³-hybridized carbons (Fsp3) is 0.857. The lowest BCUT2D eigenvalue weighted by molar-refractivity contribution is -0.123. The standard InChI is InChI=1S/C14H27N3O3/c1-11(14(15)19)3-4-13(18)16-9-12-5-6-17(10-12)7-8-20-2/h11-12H,3-10H2,1-2H3,(H2,15,19)(H,16,18)/t11?,12-/m0/s1. The Kier molecular flexibility index (Phi) is 7.54. The SMILES string of the molecule is COCCN1CC[C@@H](CNC(=O)CCC(C)C(N)=O)C1. The summed E-state index contributed by atoms with van der Waals surface area (Å²) in [5.74, 6) is -0.0584. The highest BCUT2D eigenvalue weighted by Gasteiger charge is 2.22. The molecule has 0 aromatic carbocycles. The lowest BCUT2D eigenvalue weighted by Gasteiger charge is -2.15. The summed E-state index contributed by atoms with van der Waals surface area (Å²) in [7, 11) is 1.71. The van der Waals surface area contributed by atoms with Gasteiger partial charge in [0.25, 0.3) is 0 Å². The van der Waals surface area contributed by atoms with Crippen molar-refractivity contribution < 1.29 is 14.3 Å². The quantitative estimate of drug-likeness (QED) is 0.623. The van der Waals surface area contributed by atoms with E-state index in [1.165, 1.54) is 0 Å². The van der Waals surface area contributed by atoms with Gasteiger partial charge in [0.1, 0.15) is 0 Å². The van der Waals surface area contributed by atoms with E-state index >= 15 is 0 Å². The van der Waals surface area contributed by atoms with Gasteiger partial charge in [0, 0.05) is 39.1 Å². The first kappa shape index (κ1) is 16.9. The Morgan fingerprint density at radius 2 is 2.25 bits per heavy atom. The Balaban J connectivity index is 2.11. The van der Waals surface area contributed by atoms with Crippen LogP contribution in [-0.4, -0.2) is 56.6 Å². The van der Waals surface area contributed by atoms with Crippen molar-refractivity contribution in [1.29, 1.82) is 0 Å². The number of primary amides is 1. The summed E-state index contributed by atoms with van der Waals surface area (Å²) in [6.45, 7) is 6.26. The smallest absolute Gasteiger partial charge is 0.220 e. The van der Waals surface area contributed by atoms with Gasteiger partial charge in [-0.05, 0) is 25.3 Å². The fourth-order valence-corrected chi connectivity index (χ4v) is 2.34. The van der Waals surface area contributed by atoms with E-state index in [-0.39, 0.29) is 17.7 Å². The minimum atomic E-state index is -0.345. The predicted molar refractivity (Wildman–Crippen MR) is 77.0 cm³/mol. The summed E-state index contributed by atoms with van der Waals surface area (Å²) < 4.78 is 5.06. The normalized spacial score (nSPS) is 20.8. The second-order valence-electron chi connectivity index (χ2n) is 5.59. The number of carbonyl (C=O) groups excluding carboxylic acids is 2. The number of hydrogen-bond donors (Lipinski definition) is 2. The largest absolute Gasteiger partial charge is 0.383 e. The molecule has 0 aliphatic carbocycles. The maximum absolute atomic E-state index is 11.7. The van der Waals surface area contributed by atoms with Crippen molar-refractivity contribution in [2.75, 3.05) is 39.9 Å². The topological polar surface area (TPSA) is 84.7 Å². The third-order valence-corrected chi connectivity index (χ3v) is 3.86. The second kappa shape index (κ2) is 8.92. The molecule has 0 aromatic rings. The molecule has 1 aliphatic heterocycles. The molecule has 1 aliphatic rings. The Morgan fingerprint density at radius 3 is 2.90 bits per heavy atom. The van der Waals surface area contributed by atoms with Gasteiger partial charge in [0.05, 0.1) is 6.61 Å². The average Bonchev–Trinajstić information content (AvgIpc) is 2.87. The van der Waals surface area contributed by atoms with Gasteiger partial charge in [-0.1, -0.05) is 6.92 Å². The van der Waals surface area contributed by atoms with Gasteiger partial charge < -0.3 is 20.7 Å². The predicted octanol–water partition coefficient (Wildman–Crippen LogP) is -0.0275. The number of nitrogens with one attached hydrogen (secondary N) is 1. The highest BCUT2D eigenvalue weighted by molar-refractivity contribution is 5.79. The number of carbonyl (C=O) groups is 2. The molecule has 2 amide bonds. The number of ether oxygens (including phenoxy) is 1. The third-order valence-electron chi connectivity index (χ3n) is 3.86. The summed E-state index contributed by atoms with van der Waals surface area (Å²) in [4.78, 5) is 24.9. The number of methoxy groups -OCH3 is 1. The Morgan fingerprint density at radius 1 is 1.50 bits per heavy atom. The molecule has 0 aromatic heterocycles. The van der Waals surface area contributed by atoms with Crippen molar-refractivity contribution in [1.82, 2.24) is 10.2 Å². The first-order valence-electron chi connectivity index (χ1n) is 7.30. The van der Waals surface area contributed by atoms with Gasteiger partial charge in [-0.2, -0.15) is 0 Å². The Bertz CT molecular complexity index is 323. The van der Waals surface area contributed by atoms with Gasteiger partial charge >= 0.3 is 0 Å². The molecule has 116 valence electrons.